The Hall–Kier alpha value is -1.46. The summed E-state index contributed by atoms with van der Waals surface area (Å²) in [5.41, 5.74) is 2.59. The van der Waals surface area contributed by atoms with Crippen molar-refractivity contribution in [3.63, 3.8) is 0 Å². The van der Waals surface area contributed by atoms with Crippen LogP contribution in [0.1, 0.15) is 62.5 Å². The van der Waals surface area contributed by atoms with Crippen molar-refractivity contribution in [3.05, 3.63) is 47.5 Å². The van der Waals surface area contributed by atoms with Gasteiger partial charge in [0.15, 0.2) is 0 Å². The maximum Gasteiger partial charge on any atom is 0.104 e. The third kappa shape index (κ3) is 7.28. The summed E-state index contributed by atoms with van der Waals surface area (Å²) in [7, 11) is 0. The molecule has 1 aromatic rings. The summed E-state index contributed by atoms with van der Waals surface area (Å²) in [6.45, 7) is 3.36. The van der Waals surface area contributed by atoms with Gasteiger partial charge in [-0.2, -0.15) is 0 Å². The molecule has 174 valence electrons. The number of hydrogen-bond donors (Lipinski definition) is 0. The molecule has 0 amide bonds. The minimum atomic E-state index is 0.382. The number of rotatable bonds is 10. The Morgan fingerprint density at radius 1 is 0.625 bits per heavy atom. The first-order valence-corrected chi connectivity index (χ1v) is 12.7. The lowest BCUT2D eigenvalue weighted by Crippen LogP contribution is -2.22. The summed E-state index contributed by atoms with van der Waals surface area (Å²) in [5.74, 6) is 1.37. The van der Waals surface area contributed by atoms with Crippen molar-refractivity contribution >= 4 is 12.2 Å². The van der Waals surface area contributed by atoms with E-state index in [4.69, 9.17) is 18.9 Å². The molecule has 2 saturated carbocycles. The predicted molar refractivity (Wildman–Crippen MR) is 127 cm³/mol. The largest absolute Gasteiger partial charge is 0.375 e. The quantitative estimate of drug-likeness (QED) is 0.442. The molecule has 1 aromatic carbocycles. The van der Waals surface area contributed by atoms with Crippen molar-refractivity contribution in [3.8, 4) is 0 Å². The Labute approximate surface area is 193 Å². The Bertz CT molecular complexity index is 681. The molecule has 0 bridgehead atoms. The van der Waals surface area contributed by atoms with Crippen LogP contribution in [0.2, 0.25) is 0 Å². The Morgan fingerprint density at radius 3 is 1.34 bits per heavy atom. The fourth-order valence-corrected chi connectivity index (χ4v) is 4.92. The lowest BCUT2D eigenvalue weighted by atomic mass is 9.86. The van der Waals surface area contributed by atoms with Gasteiger partial charge in [-0.05, 0) is 74.3 Å². The molecule has 2 unspecified atom stereocenters. The van der Waals surface area contributed by atoms with Crippen LogP contribution < -0.4 is 0 Å². The van der Waals surface area contributed by atoms with Crippen LogP contribution in [-0.2, 0) is 18.9 Å². The molecule has 0 aromatic heterocycles. The van der Waals surface area contributed by atoms with Gasteiger partial charge in [0.2, 0.25) is 0 Å². The van der Waals surface area contributed by atoms with Crippen LogP contribution in [0.4, 0.5) is 0 Å². The Kier molecular flexibility index (Phi) is 7.75. The molecular weight excluding hydrogens is 400 g/mol. The molecule has 4 nitrogen and oxygen atoms in total. The Balaban J connectivity index is 1.00. The van der Waals surface area contributed by atoms with Gasteiger partial charge >= 0.3 is 0 Å². The van der Waals surface area contributed by atoms with Gasteiger partial charge in [-0.15, -0.1) is 0 Å². The first kappa shape index (κ1) is 22.3. The molecule has 0 radical (unpaired) electrons. The molecule has 4 fully saturated rings. The number of benzene rings is 1. The van der Waals surface area contributed by atoms with Crippen molar-refractivity contribution in [1.29, 1.82) is 0 Å². The Morgan fingerprint density at radius 2 is 1.00 bits per heavy atom. The van der Waals surface area contributed by atoms with E-state index < -0.39 is 0 Å². The molecule has 2 aliphatic carbocycles. The molecule has 2 saturated heterocycles. The van der Waals surface area contributed by atoms with Gasteiger partial charge in [0, 0.05) is 0 Å². The molecule has 0 spiro atoms. The first-order chi connectivity index (χ1) is 15.8. The van der Waals surface area contributed by atoms with E-state index in [9.17, 15) is 0 Å². The molecule has 4 aliphatic rings. The number of ether oxygens (including phenoxy) is 4. The smallest absolute Gasteiger partial charge is 0.104 e. The van der Waals surface area contributed by atoms with Gasteiger partial charge in [0.25, 0.3) is 0 Å². The van der Waals surface area contributed by atoms with E-state index in [1.807, 2.05) is 0 Å². The second kappa shape index (κ2) is 11.1. The average Bonchev–Trinajstić information content (AvgIpc) is 3.76. The minimum Gasteiger partial charge on any atom is -0.375 e. The summed E-state index contributed by atoms with van der Waals surface area (Å²) < 4.78 is 22.4. The highest BCUT2D eigenvalue weighted by Crippen LogP contribution is 2.30. The van der Waals surface area contributed by atoms with E-state index in [-0.39, 0.29) is 0 Å². The second-order valence-corrected chi connectivity index (χ2v) is 10.0. The first-order valence-electron chi connectivity index (χ1n) is 12.7. The van der Waals surface area contributed by atoms with E-state index >= 15 is 0 Å². The standard InChI is InChI=1S/C28H38O4/c1-2-22(6-8-24-11-15-26(16-12-24)30-18-28-20-32-28)4-3-21(1)5-7-23-9-13-25(14-10-23)29-17-27-19-31-27/h1-8,23-28H,9-20H2/b7-5+,8-6+. The normalized spacial score (nSPS) is 34.9. The number of epoxide rings is 2. The molecule has 2 aliphatic heterocycles. The molecule has 0 N–H and O–H groups in total. The van der Waals surface area contributed by atoms with Gasteiger partial charge in [0.1, 0.15) is 12.2 Å². The van der Waals surface area contributed by atoms with Crippen LogP contribution in [0.3, 0.4) is 0 Å². The van der Waals surface area contributed by atoms with Crippen LogP contribution in [0.5, 0.6) is 0 Å². The highest BCUT2D eigenvalue weighted by molar-refractivity contribution is 5.56. The lowest BCUT2D eigenvalue weighted by molar-refractivity contribution is 0.0143. The van der Waals surface area contributed by atoms with Crippen molar-refractivity contribution in [2.45, 2.75) is 75.8 Å². The van der Waals surface area contributed by atoms with Gasteiger partial charge in [0.05, 0.1) is 38.6 Å². The fraction of sp³-hybridized carbons (Fsp3) is 0.643. The minimum absolute atomic E-state index is 0.382. The number of allylic oxidation sites excluding steroid dienone is 2. The van der Waals surface area contributed by atoms with Crippen molar-refractivity contribution in [2.75, 3.05) is 26.4 Å². The SMILES string of the molecule is C(=C\C1CCC(OCC2CO2)CC1)/c1ccc(/C=C/C2CCC(OCC3CO3)CC2)cc1. The average molecular weight is 439 g/mol. The maximum atomic E-state index is 5.96. The van der Waals surface area contributed by atoms with Crippen molar-refractivity contribution in [2.24, 2.45) is 11.8 Å². The van der Waals surface area contributed by atoms with Gasteiger partial charge < -0.3 is 18.9 Å². The van der Waals surface area contributed by atoms with Crippen LogP contribution in [0.25, 0.3) is 12.2 Å². The van der Waals surface area contributed by atoms with E-state index in [1.54, 1.807) is 0 Å². The zero-order chi connectivity index (χ0) is 21.6. The van der Waals surface area contributed by atoms with E-state index in [2.05, 4.69) is 48.6 Å². The molecule has 5 rings (SSSR count). The molecule has 2 heterocycles. The van der Waals surface area contributed by atoms with E-state index in [1.165, 1.54) is 62.5 Å². The second-order valence-electron chi connectivity index (χ2n) is 10.0. The molecule has 2 atom stereocenters. The third-order valence-corrected chi connectivity index (χ3v) is 7.34. The maximum absolute atomic E-state index is 5.96. The summed E-state index contributed by atoms with van der Waals surface area (Å²) in [6.07, 6.45) is 20.7. The summed E-state index contributed by atoms with van der Waals surface area (Å²) >= 11 is 0. The lowest BCUT2D eigenvalue weighted by Gasteiger charge is -2.26. The van der Waals surface area contributed by atoms with Crippen molar-refractivity contribution < 1.29 is 18.9 Å². The zero-order valence-electron chi connectivity index (χ0n) is 19.2. The fourth-order valence-electron chi connectivity index (χ4n) is 4.92. The van der Waals surface area contributed by atoms with Crippen molar-refractivity contribution in [1.82, 2.24) is 0 Å². The van der Waals surface area contributed by atoms with Gasteiger partial charge in [-0.3, -0.25) is 0 Å². The van der Waals surface area contributed by atoms with Crippen LogP contribution in [0, 0.1) is 11.8 Å². The van der Waals surface area contributed by atoms with Crippen LogP contribution >= 0.6 is 0 Å². The summed E-state index contributed by atoms with van der Waals surface area (Å²) in [6, 6.07) is 8.97. The van der Waals surface area contributed by atoms with Gasteiger partial charge in [-0.1, -0.05) is 48.6 Å². The van der Waals surface area contributed by atoms with Crippen LogP contribution in [0.15, 0.2) is 36.4 Å². The highest BCUT2D eigenvalue weighted by atomic mass is 16.6. The molecular formula is C28H38O4. The molecule has 4 heteroatoms. The summed E-state index contributed by atoms with van der Waals surface area (Å²) in [4.78, 5) is 0. The van der Waals surface area contributed by atoms with Crippen LogP contribution in [-0.4, -0.2) is 50.8 Å². The van der Waals surface area contributed by atoms with Gasteiger partial charge in [-0.25, -0.2) is 0 Å². The predicted octanol–water partition coefficient (Wildman–Crippen LogP) is 5.66. The topological polar surface area (TPSA) is 43.5 Å². The number of hydrogen-bond acceptors (Lipinski definition) is 4. The molecule has 32 heavy (non-hydrogen) atoms. The third-order valence-electron chi connectivity index (χ3n) is 7.34. The zero-order valence-corrected chi connectivity index (χ0v) is 19.2. The van der Waals surface area contributed by atoms with E-state index in [0.717, 1.165) is 26.4 Å². The monoisotopic (exact) mass is 438 g/mol. The van der Waals surface area contributed by atoms with E-state index in [0.29, 0.717) is 36.3 Å². The summed E-state index contributed by atoms with van der Waals surface area (Å²) in [5, 5.41) is 0. The highest BCUT2D eigenvalue weighted by Gasteiger charge is 2.27.